The minimum absolute atomic E-state index is 0.0543. The lowest BCUT2D eigenvalue weighted by molar-refractivity contribution is 0.0698. The van der Waals surface area contributed by atoms with Crippen LogP contribution in [0.1, 0.15) is 10.4 Å². The van der Waals surface area contributed by atoms with Crippen molar-refractivity contribution < 1.29 is 18.9 Å². The molecule has 0 aliphatic rings. The molecule has 4 aromatic rings. The monoisotopic (exact) mass is 400 g/mol. The van der Waals surface area contributed by atoms with Gasteiger partial charge in [-0.3, -0.25) is 0 Å². The zero-order valence-electron chi connectivity index (χ0n) is 13.5. The molecule has 0 spiro atoms. The van der Waals surface area contributed by atoms with Gasteiger partial charge in [0.2, 0.25) is 0 Å². The predicted octanol–water partition coefficient (Wildman–Crippen LogP) is 5.67. The highest BCUT2D eigenvalue weighted by atomic mass is 35.5. The topological polar surface area (TPSA) is 89.4 Å². The molecule has 6 nitrogen and oxygen atoms in total. The van der Waals surface area contributed by atoms with Crippen molar-refractivity contribution in [1.82, 2.24) is 10.3 Å². The molecule has 0 aliphatic carbocycles. The molecule has 2 aromatic heterocycles. The number of aromatic nitrogens is 2. The Balaban J connectivity index is 1.87. The van der Waals surface area contributed by atoms with E-state index >= 15 is 0 Å². The first-order chi connectivity index (χ1) is 13.0. The minimum atomic E-state index is -1.18. The highest BCUT2D eigenvalue weighted by Crippen LogP contribution is 2.37. The number of aromatic carboxylic acids is 1. The Bertz CT molecular complexity index is 1120. The summed E-state index contributed by atoms with van der Waals surface area (Å²) in [5.41, 5.74) is 2.17. The molecule has 0 unspecified atom stereocenters. The second-order valence-electron chi connectivity index (χ2n) is 5.63. The van der Waals surface area contributed by atoms with Crippen LogP contribution in [-0.2, 0) is 0 Å². The molecule has 8 heteroatoms. The van der Waals surface area contributed by atoms with Gasteiger partial charge in [-0.25, -0.2) is 4.79 Å². The third-order valence-electron chi connectivity index (χ3n) is 3.96. The first kappa shape index (κ1) is 17.3. The number of benzene rings is 2. The summed E-state index contributed by atoms with van der Waals surface area (Å²) in [5, 5.41) is 18.8. The minimum Gasteiger partial charge on any atom is -0.477 e. The lowest BCUT2D eigenvalue weighted by Crippen LogP contribution is -1.99. The Hall–Kier alpha value is -3.09. The number of carboxylic acids is 1. The van der Waals surface area contributed by atoms with E-state index in [1.807, 2.05) is 0 Å². The van der Waals surface area contributed by atoms with Gasteiger partial charge in [-0.05, 0) is 24.3 Å². The van der Waals surface area contributed by atoms with Crippen LogP contribution >= 0.6 is 23.2 Å². The second-order valence-corrected chi connectivity index (χ2v) is 6.50. The fourth-order valence-corrected chi connectivity index (χ4v) is 2.94. The summed E-state index contributed by atoms with van der Waals surface area (Å²) in [6.07, 6.45) is 1.32. The zero-order chi connectivity index (χ0) is 19.0. The van der Waals surface area contributed by atoms with Crippen LogP contribution in [0.15, 0.2) is 63.8 Å². The van der Waals surface area contributed by atoms with Gasteiger partial charge >= 0.3 is 5.97 Å². The van der Waals surface area contributed by atoms with Gasteiger partial charge in [0, 0.05) is 21.2 Å². The predicted molar refractivity (Wildman–Crippen MR) is 99.9 cm³/mol. The van der Waals surface area contributed by atoms with Crippen molar-refractivity contribution in [2.45, 2.75) is 0 Å². The second kappa shape index (κ2) is 6.90. The molecule has 0 amide bonds. The maximum atomic E-state index is 11.9. The van der Waals surface area contributed by atoms with Gasteiger partial charge in [0.05, 0.1) is 5.56 Å². The standard InChI is InChI=1S/C19H10Cl2N2O4/c20-12-5-1-10(2-6-12)16-14(9-26-22-16)18-15(19(24)25)17(23-27-18)11-3-7-13(21)8-4-11/h1-9H,(H,24,25). The molecular weight excluding hydrogens is 391 g/mol. The van der Waals surface area contributed by atoms with E-state index in [4.69, 9.17) is 32.2 Å². The molecule has 4 rings (SSSR count). The molecule has 1 N–H and O–H groups in total. The van der Waals surface area contributed by atoms with Crippen LogP contribution < -0.4 is 0 Å². The molecule has 0 aliphatic heterocycles. The van der Waals surface area contributed by atoms with E-state index < -0.39 is 5.97 Å². The number of hydrogen-bond acceptors (Lipinski definition) is 5. The van der Waals surface area contributed by atoms with Crippen molar-refractivity contribution >= 4 is 29.2 Å². The number of carbonyl (C=O) groups is 1. The molecule has 134 valence electrons. The van der Waals surface area contributed by atoms with Crippen molar-refractivity contribution in [1.29, 1.82) is 0 Å². The van der Waals surface area contributed by atoms with Crippen molar-refractivity contribution in [3.8, 4) is 33.8 Å². The Morgan fingerprint density at radius 2 is 1.41 bits per heavy atom. The van der Waals surface area contributed by atoms with Crippen molar-refractivity contribution in [3.05, 3.63) is 70.4 Å². The van der Waals surface area contributed by atoms with Gasteiger partial charge in [0.1, 0.15) is 23.2 Å². The zero-order valence-corrected chi connectivity index (χ0v) is 15.0. The number of nitrogens with zero attached hydrogens (tertiary/aromatic N) is 2. The van der Waals surface area contributed by atoms with Crippen molar-refractivity contribution in [2.75, 3.05) is 0 Å². The van der Waals surface area contributed by atoms with E-state index in [1.165, 1.54) is 6.26 Å². The van der Waals surface area contributed by atoms with Crippen LogP contribution in [0.2, 0.25) is 10.0 Å². The molecule has 0 bridgehead atoms. The molecular formula is C19H10Cl2N2O4. The van der Waals surface area contributed by atoms with Crippen LogP contribution in [0.4, 0.5) is 0 Å². The van der Waals surface area contributed by atoms with Crippen molar-refractivity contribution in [3.63, 3.8) is 0 Å². The average molecular weight is 401 g/mol. The van der Waals surface area contributed by atoms with Crippen LogP contribution in [0.5, 0.6) is 0 Å². The summed E-state index contributed by atoms with van der Waals surface area (Å²) in [7, 11) is 0. The Labute approximate surface area is 162 Å². The van der Waals surface area contributed by atoms with Gasteiger partial charge in [-0.1, -0.05) is 57.8 Å². The first-order valence-electron chi connectivity index (χ1n) is 7.74. The largest absolute Gasteiger partial charge is 0.477 e. The summed E-state index contributed by atoms with van der Waals surface area (Å²) in [4.78, 5) is 11.9. The lowest BCUT2D eigenvalue weighted by atomic mass is 10.0. The fourth-order valence-electron chi connectivity index (χ4n) is 2.69. The quantitative estimate of drug-likeness (QED) is 0.474. The average Bonchev–Trinajstić information content (AvgIpc) is 3.29. The highest BCUT2D eigenvalue weighted by Gasteiger charge is 2.28. The SMILES string of the molecule is O=C(O)c1c(-c2ccc(Cl)cc2)noc1-c1conc1-c1ccc(Cl)cc1. The Kier molecular flexibility index (Phi) is 4.43. The van der Waals surface area contributed by atoms with Gasteiger partial charge < -0.3 is 14.2 Å². The van der Waals surface area contributed by atoms with Crippen LogP contribution in [0.3, 0.4) is 0 Å². The lowest BCUT2D eigenvalue weighted by Gasteiger charge is -2.01. The third-order valence-corrected chi connectivity index (χ3v) is 4.46. The van der Waals surface area contributed by atoms with E-state index in [1.54, 1.807) is 48.5 Å². The normalized spacial score (nSPS) is 10.9. The summed E-state index contributed by atoms with van der Waals surface area (Å²) >= 11 is 11.8. The molecule has 2 aromatic carbocycles. The molecule has 27 heavy (non-hydrogen) atoms. The summed E-state index contributed by atoms with van der Waals surface area (Å²) in [5.74, 6) is -1.13. The highest BCUT2D eigenvalue weighted by molar-refractivity contribution is 6.31. The number of carboxylic acid groups (broad SMARTS) is 1. The maximum absolute atomic E-state index is 11.9. The molecule has 0 fully saturated rings. The van der Waals surface area contributed by atoms with Crippen molar-refractivity contribution in [2.24, 2.45) is 0 Å². The Morgan fingerprint density at radius 3 is 1.96 bits per heavy atom. The Morgan fingerprint density at radius 1 is 0.852 bits per heavy atom. The van der Waals surface area contributed by atoms with E-state index in [-0.39, 0.29) is 17.0 Å². The molecule has 2 heterocycles. The van der Waals surface area contributed by atoms with Gasteiger partial charge in [0.25, 0.3) is 0 Å². The third kappa shape index (κ3) is 3.20. The van der Waals surface area contributed by atoms with E-state index in [0.717, 1.165) is 0 Å². The first-order valence-corrected chi connectivity index (χ1v) is 8.50. The van der Waals surface area contributed by atoms with Crippen LogP contribution in [0.25, 0.3) is 33.8 Å². The summed E-state index contributed by atoms with van der Waals surface area (Å²) in [6, 6.07) is 13.5. The van der Waals surface area contributed by atoms with Gasteiger partial charge in [0.15, 0.2) is 5.76 Å². The van der Waals surface area contributed by atoms with Gasteiger partial charge in [-0.2, -0.15) is 0 Å². The summed E-state index contributed by atoms with van der Waals surface area (Å²) < 4.78 is 10.5. The molecule has 0 atom stereocenters. The summed E-state index contributed by atoms with van der Waals surface area (Å²) in [6.45, 7) is 0. The number of halogens is 2. The molecule has 0 radical (unpaired) electrons. The van der Waals surface area contributed by atoms with E-state index in [2.05, 4.69) is 10.3 Å². The number of hydrogen-bond donors (Lipinski definition) is 1. The van der Waals surface area contributed by atoms with E-state index in [9.17, 15) is 9.90 Å². The molecule has 0 saturated carbocycles. The van der Waals surface area contributed by atoms with Crippen LogP contribution in [0, 0.1) is 0 Å². The maximum Gasteiger partial charge on any atom is 0.342 e. The van der Waals surface area contributed by atoms with Gasteiger partial charge in [-0.15, -0.1) is 0 Å². The smallest absolute Gasteiger partial charge is 0.342 e. The molecule has 0 saturated heterocycles. The van der Waals surface area contributed by atoms with E-state index in [0.29, 0.717) is 32.4 Å². The fraction of sp³-hybridized carbons (Fsp3) is 0. The van der Waals surface area contributed by atoms with Crippen LogP contribution in [-0.4, -0.2) is 21.4 Å². The number of rotatable bonds is 4.